The topological polar surface area (TPSA) is 96.5 Å². The van der Waals surface area contributed by atoms with Crippen LogP contribution in [0.2, 0.25) is 0 Å². The lowest BCUT2D eigenvalue weighted by molar-refractivity contribution is 0.0647. The second kappa shape index (κ2) is 9.86. The molecule has 1 saturated carbocycles. The van der Waals surface area contributed by atoms with Gasteiger partial charge in [-0.2, -0.15) is 9.97 Å². The second-order valence-corrected chi connectivity index (χ2v) is 13.7. The number of nitrogens with one attached hydrogen (secondary N) is 1. The van der Waals surface area contributed by atoms with Crippen LogP contribution in [0.1, 0.15) is 25.7 Å². The minimum absolute atomic E-state index is 0.0275. The zero-order valence-electron chi connectivity index (χ0n) is 22.3. The van der Waals surface area contributed by atoms with E-state index >= 15 is 4.39 Å². The molecule has 228 valence electrons. The van der Waals surface area contributed by atoms with Crippen LogP contribution in [-0.4, -0.2) is 64.1 Å². The first-order chi connectivity index (χ1) is 20.3. The van der Waals surface area contributed by atoms with Crippen molar-refractivity contribution in [2.24, 2.45) is 5.41 Å². The van der Waals surface area contributed by atoms with Crippen molar-refractivity contribution in [2.75, 3.05) is 37.3 Å². The molecule has 43 heavy (non-hydrogen) atoms. The summed E-state index contributed by atoms with van der Waals surface area (Å²) in [5.74, 6) is -4.94. The number of alkyl halides is 4. The van der Waals surface area contributed by atoms with Crippen molar-refractivity contribution >= 4 is 65.7 Å². The van der Waals surface area contributed by atoms with E-state index in [1.54, 1.807) is 22.6 Å². The van der Waals surface area contributed by atoms with Crippen LogP contribution in [0.3, 0.4) is 0 Å². The van der Waals surface area contributed by atoms with E-state index in [4.69, 9.17) is 10.5 Å². The van der Waals surface area contributed by atoms with Crippen molar-refractivity contribution in [3.05, 3.63) is 33.4 Å². The fourth-order valence-electron chi connectivity index (χ4n) is 6.85. The highest BCUT2D eigenvalue weighted by atomic mass is 127. The molecule has 1 aliphatic carbocycles. The number of benzene rings is 2. The summed E-state index contributed by atoms with van der Waals surface area (Å²) in [4.78, 5) is 10.4. The molecule has 7 nitrogen and oxygen atoms in total. The van der Waals surface area contributed by atoms with Gasteiger partial charge in [0, 0.05) is 23.9 Å². The van der Waals surface area contributed by atoms with Crippen LogP contribution in [-0.2, 0) is 0 Å². The number of nitrogens with two attached hydrogens (primary N) is 1. The Bertz CT molecular complexity index is 1810. The van der Waals surface area contributed by atoms with E-state index < -0.39 is 52.7 Å². The lowest BCUT2D eigenvalue weighted by Crippen LogP contribution is -2.43. The largest absolute Gasteiger partial charge is 0.506 e. The molecule has 15 heteroatoms. The average Bonchev–Trinajstić information content (AvgIpc) is 3.33. The smallest absolute Gasteiger partial charge is 0.319 e. The molecule has 0 radical (unpaired) electrons. The third-order valence-corrected chi connectivity index (χ3v) is 10.9. The van der Waals surface area contributed by atoms with Crippen LogP contribution >= 0.6 is 33.9 Å². The van der Waals surface area contributed by atoms with Gasteiger partial charge in [-0.3, -0.25) is 4.90 Å². The normalized spacial score (nSPS) is 24.5. The van der Waals surface area contributed by atoms with Crippen molar-refractivity contribution in [3.8, 4) is 22.9 Å². The molecule has 1 spiro atoms. The van der Waals surface area contributed by atoms with E-state index in [9.17, 15) is 27.1 Å². The van der Waals surface area contributed by atoms with Gasteiger partial charge in [-0.05, 0) is 66.1 Å². The number of halogens is 7. The predicted octanol–water partition coefficient (Wildman–Crippen LogP) is 7.00. The van der Waals surface area contributed by atoms with Gasteiger partial charge in [0.2, 0.25) is 0 Å². The number of ether oxygens (including phenoxy) is 1. The molecule has 7 rings (SSSR count). The standard InChI is InChI=1S/C28H24F6IN5O2S/c29-14-3-2-12(13-6-16(36)43-23(13)14)17-19(32)21-18(22(41)20(17)35)24(37-7-15(30)31)39-25(38-21)42-11-27-4-1-5-40(27)10-26(8-27)9-28(26,33)34/h2-3,6,15,41H,1,4-5,7-11,36H2,(H,37,38,39)/t26?,27-/m0/s1. The summed E-state index contributed by atoms with van der Waals surface area (Å²) in [6.07, 6.45) is -1.31. The molecule has 1 unspecified atom stereocenters. The maximum atomic E-state index is 16.5. The number of aromatic nitrogens is 2. The molecule has 2 atom stereocenters. The van der Waals surface area contributed by atoms with Crippen LogP contribution in [0.25, 0.3) is 32.1 Å². The van der Waals surface area contributed by atoms with Gasteiger partial charge in [0.25, 0.3) is 12.3 Å². The fourth-order valence-corrected chi connectivity index (χ4v) is 8.50. The molecule has 2 aromatic heterocycles. The summed E-state index contributed by atoms with van der Waals surface area (Å²) < 4.78 is 92.2. The van der Waals surface area contributed by atoms with Gasteiger partial charge in [0.05, 0.1) is 36.2 Å². The van der Waals surface area contributed by atoms with Gasteiger partial charge >= 0.3 is 6.01 Å². The first-order valence-corrected chi connectivity index (χ1v) is 15.4. The highest BCUT2D eigenvalue weighted by Crippen LogP contribution is 2.69. The molecule has 0 bridgehead atoms. The fraction of sp³-hybridized carbons (Fsp3) is 0.429. The van der Waals surface area contributed by atoms with Gasteiger partial charge in [0.1, 0.15) is 29.5 Å². The quantitative estimate of drug-likeness (QED) is 0.139. The number of nitrogens with zero attached hydrogens (tertiary/aromatic N) is 3. The molecule has 4 N–H and O–H groups in total. The highest BCUT2D eigenvalue weighted by Gasteiger charge is 2.77. The monoisotopic (exact) mass is 735 g/mol. The number of hydrogen-bond acceptors (Lipinski definition) is 8. The van der Waals surface area contributed by atoms with E-state index in [2.05, 4.69) is 15.3 Å². The summed E-state index contributed by atoms with van der Waals surface area (Å²) in [7, 11) is 0. The molecule has 2 saturated heterocycles. The Labute approximate surface area is 258 Å². The first-order valence-electron chi connectivity index (χ1n) is 13.5. The second-order valence-electron chi connectivity index (χ2n) is 11.6. The third-order valence-electron chi connectivity index (χ3n) is 8.91. The molecule has 2 aliphatic heterocycles. The minimum Gasteiger partial charge on any atom is -0.506 e. The summed E-state index contributed by atoms with van der Waals surface area (Å²) in [6.45, 7) is -0.00754. The molecule has 3 fully saturated rings. The Hall–Kier alpha value is -2.79. The van der Waals surface area contributed by atoms with Crippen LogP contribution < -0.4 is 15.8 Å². The molecule has 4 heterocycles. The Balaban J connectivity index is 1.33. The Morgan fingerprint density at radius 2 is 1.98 bits per heavy atom. The maximum Gasteiger partial charge on any atom is 0.319 e. The molecular formula is C28H24F6IN5O2S. The van der Waals surface area contributed by atoms with Gasteiger partial charge < -0.3 is 20.9 Å². The van der Waals surface area contributed by atoms with Gasteiger partial charge in [-0.25, -0.2) is 26.3 Å². The molecule has 0 amide bonds. The Morgan fingerprint density at radius 1 is 1.21 bits per heavy atom. The van der Waals surface area contributed by atoms with E-state index in [0.717, 1.165) is 17.8 Å². The number of anilines is 2. The number of hydrogen-bond donors (Lipinski definition) is 3. The molecule has 2 aromatic carbocycles. The summed E-state index contributed by atoms with van der Waals surface area (Å²) >= 11 is 2.72. The number of nitrogen functional groups attached to an aromatic ring is 1. The average molecular weight is 735 g/mol. The number of aromatic hydroxyl groups is 1. The maximum absolute atomic E-state index is 16.5. The zero-order valence-corrected chi connectivity index (χ0v) is 25.3. The summed E-state index contributed by atoms with van der Waals surface area (Å²) in [5, 5.41) is 14.1. The third kappa shape index (κ3) is 4.47. The van der Waals surface area contributed by atoms with E-state index in [1.807, 2.05) is 4.90 Å². The SMILES string of the molecule is Nc1cc2c(-c3c(I)c(O)c4c(NCC(F)F)nc(OC[C@@]56CCCN5CC5(CC5(F)F)C6)nc4c3F)ccc(F)c2s1. The number of rotatable bonds is 7. The van der Waals surface area contributed by atoms with Crippen molar-refractivity contribution < 1.29 is 36.2 Å². The van der Waals surface area contributed by atoms with Crippen molar-refractivity contribution in [1.82, 2.24) is 14.9 Å². The summed E-state index contributed by atoms with van der Waals surface area (Å²) in [5.41, 5.74) is 3.90. The molecular weight excluding hydrogens is 711 g/mol. The van der Waals surface area contributed by atoms with Crippen LogP contribution in [0, 0.1) is 20.6 Å². The Kier molecular flexibility index (Phi) is 6.64. The van der Waals surface area contributed by atoms with Crippen LogP contribution in [0.4, 0.5) is 37.2 Å². The van der Waals surface area contributed by atoms with E-state index in [0.29, 0.717) is 23.4 Å². The summed E-state index contributed by atoms with van der Waals surface area (Å²) in [6, 6.07) is 3.67. The number of phenolic OH excluding ortho intramolecular Hbond substituents is 1. The van der Waals surface area contributed by atoms with Crippen molar-refractivity contribution in [2.45, 2.75) is 43.6 Å². The van der Waals surface area contributed by atoms with Crippen LogP contribution in [0.15, 0.2) is 18.2 Å². The number of phenols is 1. The van der Waals surface area contributed by atoms with Crippen molar-refractivity contribution in [3.63, 3.8) is 0 Å². The van der Waals surface area contributed by atoms with Crippen LogP contribution in [0.5, 0.6) is 11.8 Å². The van der Waals surface area contributed by atoms with Gasteiger partial charge in [-0.15, -0.1) is 11.3 Å². The predicted molar refractivity (Wildman–Crippen MR) is 159 cm³/mol. The van der Waals surface area contributed by atoms with Crippen molar-refractivity contribution in [1.29, 1.82) is 0 Å². The van der Waals surface area contributed by atoms with E-state index in [1.165, 1.54) is 18.2 Å². The number of fused-ring (bicyclic) bond motifs is 3. The highest BCUT2D eigenvalue weighted by molar-refractivity contribution is 14.1. The molecule has 3 aliphatic rings. The van der Waals surface area contributed by atoms with Gasteiger partial charge in [-0.1, -0.05) is 6.07 Å². The lowest BCUT2D eigenvalue weighted by atomic mass is 9.89. The zero-order chi connectivity index (χ0) is 30.5. The van der Waals surface area contributed by atoms with E-state index in [-0.39, 0.29) is 62.6 Å². The first kappa shape index (κ1) is 29.0. The minimum atomic E-state index is -2.79. The molecule has 4 aromatic rings. The lowest BCUT2D eigenvalue weighted by Gasteiger charge is -2.31. The van der Waals surface area contributed by atoms with Gasteiger partial charge in [0.15, 0.2) is 5.82 Å². The Morgan fingerprint density at radius 3 is 2.70 bits per heavy atom. The number of thiophene rings is 1.